The first-order valence-electron chi connectivity index (χ1n) is 11.3. The number of halogens is 3. The molecule has 184 valence electrons. The standard InChI is InChI=1S/C26H21F3N4OS2/c27-26(28,29)23-13-21(18-7-3-4-8-19(18)31-23)33-25(36)15-9-11-20(22(35)12-10-15)32-24(34)17-6-2-1-5-16(17)14-30/h1-8,13,15,20H,9-12H2,(H,32,34)(H,31,33,36)/t15-,20+/m1/s1. The number of anilines is 1. The lowest BCUT2D eigenvalue weighted by atomic mass is 9.99. The van der Waals surface area contributed by atoms with Crippen molar-refractivity contribution >= 4 is 56.8 Å². The molecule has 1 fully saturated rings. The Balaban J connectivity index is 1.48. The molecule has 5 nitrogen and oxygen atoms in total. The number of amides is 1. The molecule has 1 aromatic heterocycles. The summed E-state index contributed by atoms with van der Waals surface area (Å²) in [4.78, 5) is 17.6. The van der Waals surface area contributed by atoms with Crippen LogP contribution in [-0.4, -0.2) is 26.8 Å². The van der Waals surface area contributed by atoms with Gasteiger partial charge in [0.05, 0.1) is 39.4 Å². The van der Waals surface area contributed by atoms with Crippen LogP contribution in [0.2, 0.25) is 0 Å². The van der Waals surface area contributed by atoms with Crippen molar-refractivity contribution < 1.29 is 18.0 Å². The number of pyridine rings is 1. The second kappa shape index (κ2) is 10.7. The maximum Gasteiger partial charge on any atom is 0.433 e. The Kier molecular flexibility index (Phi) is 7.62. The summed E-state index contributed by atoms with van der Waals surface area (Å²) in [6, 6.07) is 15.7. The Hall–Kier alpha value is -3.42. The van der Waals surface area contributed by atoms with Crippen molar-refractivity contribution in [1.82, 2.24) is 10.3 Å². The maximum absolute atomic E-state index is 13.4. The Labute approximate surface area is 216 Å². The molecule has 0 spiro atoms. The third-order valence-corrected chi connectivity index (χ3v) is 7.09. The fourth-order valence-electron chi connectivity index (χ4n) is 4.25. The lowest BCUT2D eigenvalue weighted by Gasteiger charge is -2.20. The van der Waals surface area contributed by atoms with Crippen molar-refractivity contribution in [3.63, 3.8) is 0 Å². The third-order valence-electron chi connectivity index (χ3n) is 6.16. The van der Waals surface area contributed by atoms with Crippen LogP contribution >= 0.6 is 24.4 Å². The number of nitrogens with one attached hydrogen (secondary N) is 2. The van der Waals surface area contributed by atoms with Crippen LogP contribution in [-0.2, 0) is 6.18 Å². The third kappa shape index (κ3) is 5.69. The summed E-state index contributed by atoms with van der Waals surface area (Å²) < 4.78 is 40.2. The summed E-state index contributed by atoms with van der Waals surface area (Å²) in [7, 11) is 0. The molecule has 0 unspecified atom stereocenters. The number of rotatable bonds is 4. The summed E-state index contributed by atoms with van der Waals surface area (Å²) in [5, 5.41) is 15.8. The van der Waals surface area contributed by atoms with E-state index in [1.54, 1.807) is 42.5 Å². The van der Waals surface area contributed by atoms with Gasteiger partial charge in [-0.1, -0.05) is 54.8 Å². The van der Waals surface area contributed by atoms with Crippen molar-refractivity contribution in [3.05, 3.63) is 71.4 Å². The van der Waals surface area contributed by atoms with Gasteiger partial charge in [0.25, 0.3) is 5.91 Å². The molecule has 0 bridgehead atoms. The van der Waals surface area contributed by atoms with Crippen LogP contribution in [0.1, 0.15) is 47.3 Å². The molecular weight excluding hydrogens is 505 g/mol. The van der Waals surface area contributed by atoms with Gasteiger partial charge in [0.15, 0.2) is 0 Å². The minimum atomic E-state index is -4.59. The van der Waals surface area contributed by atoms with E-state index in [4.69, 9.17) is 24.4 Å². The van der Waals surface area contributed by atoms with E-state index in [1.165, 1.54) is 6.07 Å². The number of para-hydroxylation sites is 1. The molecular formula is C26H21F3N4OS2. The number of alkyl halides is 3. The highest BCUT2D eigenvalue weighted by atomic mass is 32.1. The number of nitrogens with zero attached hydrogens (tertiary/aromatic N) is 2. The number of hydrogen-bond donors (Lipinski definition) is 2. The van der Waals surface area contributed by atoms with Gasteiger partial charge in [-0.15, -0.1) is 0 Å². The zero-order valence-corrected chi connectivity index (χ0v) is 20.6. The van der Waals surface area contributed by atoms with E-state index in [-0.39, 0.29) is 40.2 Å². The largest absolute Gasteiger partial charge is 0.433 e. The molecule has 1 amide bonds. The lowest BCUT2D eigenvalue weighted by molar-refractivity contribution is -0.140. The zero-order valence-electron chi connectivity index (χ0n) is 18.9. The van der Waals surface area contributed by atoms with Crippen LogP contribution in [0.15, 0.2) is 54.6 Å². The summed E-state index contributed by atoms with van der Waals surface area (Å²) in [5.74, 6) is -0.505. The topological polar surface area (TPSA) is 77.8 Å². The van der Waals surface area contributed by atoms with Gasteiger partial charge in [-0.05, 0) is 49.9 Å². The Bertz CT molecular complexity index is 1380. The highest BCUT2D eigenvalue weighted by molar-refractivity contribution is 7.80. The Morgan fingerprint density at radius 3 is 2.56 bits per heavy atom. The number of benzene rings is 2. The first-order chi connectivity index (χ1) is 17.2. The zero-order chi connectivity index (χ0) is 25.9. The van der Waals surface area contributed by atoms with E-state index in [2.05, 4.69) is 15.6 Å². The molecule has 3 aromatic rings. The SMILES string of the molecule is N#Cc1ccccc1C(=O)N[C@H]1CC[C@@H](C(=S)Nc2cc(C(F)(F)F)nc3ccccc23)CCC1=S. The molecule has 2 atom stereocenters. The van der Waals surface area contributed by atoms with Crippen molar-refractivity contribution in [2.75, 3.05) is 5.32 Å². The number of fused-ring (bicyclic) bond motifs is 1. The molecule has 2 aromatic carbocycles. The van der Waals surface area contributed by atoms with E-state index in [1.807, 2.05) is 6.07 Å². The van der Waals surface area contributed by atoms with E-state index < -0.39 is 11.9 Å². The summed E-state index contributed by atoms with van der Waals surface area (Å²) in [6.07, 6.45) is -2.34. The number of aromatic nitrogens is 1. The maximum atomic E-state index is 13.4. The van der Waals surface area contributed by atoms with E-state index >= 15 is 0 Å². The van der Waals surface area contributed by atoms with E-state index in [9.17, 15) is 23.2 Å². The predicted octanol–water partition coefficient (Wildman–Crippen LogP) is 6.22. The van der Waals surface area contributed by atoms with Gasteiger partial charge < -0.3 is 10.6 Å². The van der Waals surface area contributed by atoms with Crippen LogP contribution < -0.4 is 10.6 Å². The highest BCUT2D eigenvalue weighted by Crippen LogP contribution is 2.34. The molecule has 36 heavy (non-hydrogen) atoms. The fraction of sp³-hybridized carbons (Fsp3) is 0.269. The van der Waals surface area contributed by atoms with Crippen LogP contribution in [0.25, 0.3) is 10.9 Å². The lowest BCUT2D eigenvalue weighted by Crippen LogP contribution is -2.39. The number of carbonyl (C=O) groups excluding carboxylic acids is 1. The molecule has 2 N–H and O–H groups in total. The normalized spacial score (nSPS) is 18.2. The van der Waals surface area contributed by atoms with Crippen LogP contribution in [0, 0.1) is 17.2 Å². The van der Waals surface area contributed by atoms with Crippen LogP contribution in [0.3, 0.4) is 0 Å². The van der Waals surface area contributed by atoms with Gasteiger partial charge in [-0.2, -0.15) is 18.4 Å². The highest BCUT2D eigenvalue weighted by Gasteiger charge is 2.34. The molecule has 1 aliphatic carbocycles. The van der Waals surface area contributed by atoms with E-state index in [0.29, 0.717) is 40.9 Å². The van der Waals surface area contributed by atoms with Crippen molar-refractivity contribution in [2.45, 2.75) is 37.9 Å². The number of nitriles is 1. The minimum absolute atomic E-state index is 0.132. The van der Waals surface area contributed by atoms with Crippen LogP contribution in [0.5, 0.6) is 0 Å². The summed E-state index contributed by atoms with van der Waals surface area (Å²) in [6.45, 7) is 0. The second-order valence-electron chi connectivity index (χ2n) is 8.52. The quantitative estimate of drug-likeness (QED) is 0.310. The summed E-state index contributed by atoms with van der Waals surface area (Å²) in [5.41, 5.74) is 0.0446. The van der Waals surface area contributed by atoms with E-state index in [0.717, 1.165) is 6.07 Å². The van der Waals surface area contributed by atoms with Gasteiger partial charge in [-0.3, -0.25) is 4.79 Å². The molecule has 0 radical (unpaired) electrons. The van der Waals surface area contributed by atoms with Crippen molar-refractivity contribution in [3.8, 4) is 6.07 Å². The molecule has 4 rings (SSSR count). The first kappa shape index (κ1) is 25.7. The van der Waals surface area contributed by atoms with Gasteiger partial charge in [0.1, 0.15) is 5.69 Å². The number of thiocarbonyl (C=S) groups is 2. The van der Waals surface area contributed by atoms with Gasteiger partial charge >= 0.3 is 6.18 Å². The fourth-order valence-corrected chi connectivity index (χ4v) is 4.89. The number of hydrogen-bond acceptors (Lipinski definition) is 5. The molecule has 0 aliphatic heterocycles. The van der Waals surface area contributed by atoms with Gasteiger partial charge in [0.2, 0.25) is 0 Å². The average molecular weight is 527 g/mol. The Morgan fingerprint density at radius 1 is 1.08 bits per heavy atom. The van der Waals surface area contributed by atoms with Gasteiger partial charge in [0, 0.05) is 16.2 Å². The first-order valence-corrected chi connectivity index (χ1v) is 12.1. The van der Waals surface area contributed by atoms with Crippen molar-refractivity contribution in [2.24, 2.45) is 5.92 Å². The predicted molar refractivity (Wildman–Crippen MR) is 140 cm³/mol. The molecule has 1 heterocycles. The minimum Gasteiger partial charge on any atom is -0.349 e. The average Bonchev–Trinajstić information content (AvgIpc) is 3.04. The monoisotopic (exact) mass is 526 g/mol. The second-order valence-corrected chi connectivity index (χ2v) is 9.49. The van der Waals surface area contributed by atoms with Gasteiger partial charge in [-0.25, -0.2) is 4.98 Å². The Morgan fingerprint density at radius 2 is 1.81 bits per heavy atom. The van der Waals surface area contributed by atoms with Crippen LogP contribution in [0.4, 0.5) is 18.9 Å². The molecule has 1 aliphatic rings. The summed E-state index contributed by atoms with van der Waals surface area (Å²) >= 11 is 11.2. The molecule has 10 heteroatoms. The smallest absolute Gasteiger partial charge is 0.349 e. The van der Waals surface area contributed by atoms with Crippen molar-refractivity contribution in [1.29, 1.82) is 5.26 Å². The molecule has 0 saturated heterocycles. The number of carbonyl (C=O) groups is 1. The molecule has 1 saturated carbocycles.